The van der Waals surface area contributed by atoms with Crippen molar-refractivity contribution in [2.45, 2.75) is 38.3 Å². The molecular weight excluding hydrogens is 545 g/mol. The summed E-state index contributed by atoms with van der Waals surface area (Å²) >= 11 is 6.22. The van der Waals surface area contributed by atoms with Crippen LogP contribution in [-0.2, 0) is 26.2 Å². The van der Waals surface area contributed by atoms with Crippen LogP contribution in [0.15, 0.2) is 71.6 Å². The Hall–Kier alpha value is -3.63. The van der Waals surface area contributed by atoms with E-state index >= 15 is 0 Å². The van der Waals surface area contributed by atoms with E-state index in [9.17, 15) is 22.4 Å². The van der Waals surface area contributed by atoms with Gasteiger partial charge in [-0.15, -0.1) is 0 Å². The van der Waals surface area contributed by atoms with E-state index in [1.165, 1.54) is 62.6 Å². The van der Waals surface area contributed by atoms with Gasteiger partial charge in [0, 0.05) is 23.7 Å². The number of nitrogens with one attached hydrogen (secondary N) is 1. The van der Waals surface area contributed by atoms with Crippen molar-refractivity contribution in [3.8, 4) is 5.75 Å². The Bertz CT molecular complexity index is 1430. The number of sulfonamides is 1. The zero-order valence-electron chi connectivity index (χ0n) is 22.1. The summed E-state index contributed by atoms with van der Waals surface area (Å²) in [7, 11) is -2.95. The second-order valence-electron chi connectivity index (χ2n) is 8.82. The fourth-order valence-corrected chi connectivity index (χ4v) is 5.51. The Morgan fingerprint density at radius 3 is 2.36 bits per heavy atom. The fraction of sp³-hybridized carbons (Fsp3) is 0.286. The molecule has 0 fully saturated rings. The van der Waals surface area contributed by atoms with E-state index in [4.69, 9.17) is 16.3 Å². The SMILES string of the molecule is CCNC(=O)[C@@H](C)N(Cc1ccccc1F)C(=O)CN(c1cc(Cl)ccc1OC)S(=O)(=O)c1ccc(C)cc1. The van der Waals surface area contributed by atoms with Gasteiger partial charge in [-0.2, -0.15) is 0 Å². The van der Waals surface area contributed by atoms with E-state index in [0.717, 1.165) is 14.8 Å². The molecule has 39 heavy (non-hydrogen) atoms. The maximum Gasteiger partial charge on any atom is 0.264 e. The number of ether oxygens (including phenoxy) is 1. The fourth-order valence-electron chi connectivity index (χ4n) is 3.92. The molecule has 3 aromatic rings. The molecule has 0 bridgehead atoms. The van der Waals surface area contributed by atoms with Gasteiger partial charge in [0.15, 0.2) is 0 Å². The lowest BCUT2D eigenvalue weighted by Crippen LogP contribution is -2.51. The minimum Gasteiger partial charge on any atom is -0.495 e. The molecule has 0 radical (unpaired) electrons. The monoisotopic (exact) mass is 575 g/mol. The minimum atomic E-state index is -4.31. The molecular formula is C28H31ClFN3O5S. The number of hydrogen-bond donors (Lipinski definition) is 1. The second kappa shape index (κ2) is 12.9. The summed E-state index contributed by atoms with van der Waals surface area (Å²) in [6, 6.07) is 15.4. The lowest BCUT2D eigenvalue weighted by molar-refractivity contribution is -0.139. The molecule has 0 spiro atoms. The number of anilines is 1. The number of carbonyl (C=O) groups excluding carboxylic acids is 2. The van der Waals surface area contributed by atoms with Crippen LogP contribution in [0.5, 0.6) is 5.75 Å². The quantitative estimate of drug-likeness (QED) is 0.362. The van der Waals surface area contributed by atoms with Crippen molar-refractivity contribution >= 4 is 39.1 Å². The van der Waals surface area contributed by atoms with Crippen molar-refractivity contribution < 1.29 is 27.1 Å². The third-order valence-corrected chi connectivity index (χ3v) is 8.12. The number of benzene rings is 3. The number of nitrogens with zero attached hydrogens (tertiary/aromatic N) is 2. The van der Waals surface area contributed by atoms with E-state index in [2.05, 4.69) is 5.32 Å². The van der Waals surface area contributed by atoms with Crippen LogP contribution in [0.2, 0.25) is 5.02 Å². The van der Waals surface area contributed by atoms with Gasteiger partial charge in [0.25, 0.3) is 10.0 Å². The first kappa shape index (κ1) is 29.9. The first-order valence-electron chi connectivity index (χ1n) is 12.2. The number of rotatable bonds is 11. The van der Waals surface area contributed by atoms with E-state index < -0.39 is 40.2 Å². The molecule has 8 nitrogen and oxygen atoms in total. The minimum absolute atomic E-state index is 0.0374. The van der Waals surface area contributed by atoms with E-state index in [0.29, 0.717) is 6.54 Å². The summed E-state index contributed by atoms with van der Waals surface area (Å²) in [6.07, 6.45) is 0. The first-order valence-corrected chi connectivity index (χ1v) is 14.0. The molecule has 0 aromatic heterocycles. The third-order valence-electron chi connectivity index (χ3n) is 6.11. The van der Waals surface area contributed by atoms with Gasteiger partial charge in [0.05, 0.1) is 17.7 Å². The Labute approximate surface area is 233 Å². The van der Waals surface area contributed by atoms with Crippen molar-refractivity contribution in [3.05, 3.63) is 88.7 Å². The van der Waals surface area contributed by atoms with Gasteiger partial charge in [0.1, 0.15) is 24.2 Å². The molecule has 11 heteroatoms. The molecule has 2 amide bonds. The molecule has 1 atom stereocenters. The highest BCUT2D eigenvalue weighted by molar-refractivity contribution is 7.92. The van der Waals surface area contributed by atoms with E-state index in [-0.39, 0.29) is 33.5 Å². The van der Waals surface area contributed by atoms with E-state index in [1.807, 2.05) is 6.92 Å². The molecule has 0 unspecified atom stereocenters. The Morgan fingerprint density at radius 2 is 1.74 bits per heavy atom. The molecule has 0 saturated heterocycles. The third kappa shape index (κ3) is 7.07. The number of hydrogen-bond acceptors (Lipinski definition) is 5. The predicted molar refractivity (Wildman–Crippen MR) is 149 cm³/mol. The molecule has 3 rings (SSSR count). The van der Waals surface area contributed by atoms with Crippen LogP contribution in [0, 0.1) is 12.7 Å². The van der Waals surface area contributed by atoms with Crippen LogP contribution in [0.3, 0.4) is 0 Å². The van der Waals surface area contributed by atoms with Crippen molar-refractivity contribution in [3.63, 3.8) is 0 Å². The number of halogens is 2. The lowest BCUT2D eigenvalue weighted by atomic mass is 10.1. The number of methoxy groups -OCH3 is 1. The van der Waals surface area contributed by atoms with Gasteiger partial charge in [-0.25, -0.2) is 12.8 Å². The van der Waals surface area contributed by atoms with Gasteiger partial charge in [-0.1, -0.05) is 47.5 Å². The standard InChI is InChI=1S/C28H31ClFN3O5S/c1-5-31-28(35)20(3)32(17-21-8-6-7-9-24(21)30)27(34)18-33(25-16-22(29)12-15-26(25)38-4)39(36,37)23-13-10-19(2)11-14-23/h6-16,20H,5,17-18H2,1-4H3,(H,31,35)/t20-/m1/s1. The second-order valence-corrected chi connectivity index (χ2v) is 11.1. The van der Waals surface area contributed by atoms with Crippen LogP contribution in [0.25, 0.3) is 0 Å². The molecule has 0 aliphatic heterocycles. The maximum atomic E-state index is 14.6. The maximum absolute atomic E-state index is 14.6. The van der Waals surface area contributed by atoms with Crippen LogP contribution < -0.4 is 14.4 Å². The summed E-state index contributed by atoms with van der Waals surface area (Å²) in [5.74, 6) is -1.58. The van der Waals surface area contributed by atoms with Gasteiger partial charge < -0.3 is 15.0 Å². The number of aryl methyl sites for hydroxylation is 1. The van der Waals surface area contributed by atoms with Gasteiger partial charge in [-0.05, 0) is 57.2 Å². The van der Waals surface area contributed by atoms with Crippen LogP contribution in [0.4, 0.5) is 10.1 Å². The van der Waals surface area contributed by atoms with Crippen molar-refractivity contribution in [2.75, 3.05) is 24.5 Å². The highest BCUT2D eigenvalue weighted by atomic mass is 35.5. The van der Waals surface area contributed by atoms with Crippen LogP contribution >= 0.6 is 11.6 Å². The summed E-state index contributed by atoms with van der Waals surface area (Å²) in [4.78, 5) is 27.7. The van der Waals surface area contributed by atoms with Gasteiger partial charge >= 0.3 is 0 Å². The highest BCUT2D eigenvalue weighted by Crippen LogP contribution is 2.35. The Morgan fingerprint density at radius 1 is 1.08 bits per heavy atom. The first-order chi connectivity index (χ1) is 18.5. The number of carbonyl (C=O) groups is 2. The summed E-state index contributed by atoms with van der Waals surface area (Å²) in [5, 5.41) is 2.88. The van der Waals surface area contributed by atoms with Crippen LogP contribution in [-0.4, -0.2) is 51.4 Å². The largest absolute Gasteiger partial charge is 0.495 e. The predicted octanol–water partition coefficient (Wildman–Crippen LogP) is 4.54. The average Bonchev–Trinajstić information content (AvgIpc) is 2.91. The zero-order chi connectivity index (χ0) is 28.7. The van der Waals surface area contributed by atoms with Crippen molar-refractivity contribution in [2.24, 2.45) is 0 Å². The molecule has 208 valence electrons. The molecule has 0 aliphatic rings. The summed E-state index contributed by atoms with van der Waals surface area (Å²) in [5.41, 5.74) is 1.06. The van der Waals surface area contributed by atoms with Crippen LogP contribution in [0.1, 0.15) is 25.0 Å². The van der Waals surface area contributed by atoms with Gasteiger partial charge in [0.2, 0.25) is 11.8 Å². The number of amides is 2. The Kier molecular flexibility index (Phi) is 9.93. The number of likely N-dealkylation sites (N-methyl/N-ethyl adjacent to an activating group) is 1. The van der Waals surface area contributed by atoms with Crippen molar-refractivity contribution in [1.29, 1.82) is 0 Å². The molecule has 0 saturated carbocycles. The topological polar surface area (TPSA) is 96.0 Å². The smallest absolute Gasteiger partial charge is 0.264 e. The van der Waals surface area contributed by atoms with Gasteiger partial charge in [-0.3, -0.25) is 13.9 Å². The Balaban J connectivity index is 2.11. The molecule has 1 N–H and O–H groups in total. The zero-order valence-corrected chi connectivity index (χ0v) is 23.7. The van der Waals surface area contributed by atoms with E-state index in [1.54, 1.807) is 25.1 Å². The summed E-state index contributed by atoms with van der Waals surface area (Å²) in [6.45, 7) is 4.41. The highest BCUT2D eigenvalue weighted by Gasteiger charge is 2.34. The average molecular weight is 576 g/mol. The molecule has 3 aromatic carbocycles. The molecule has 0 aliphatic carbocycles. The molecule has 0 heterocycles. The normalized spacial score (nSPS) is 11.9. The lowest BCUT2D eigenvalue weighted by Gasteiger charge is -2.32. The van der Waals surface area contributed by atoms with Crippen molar-refractivity contribution in [1.82, 2.24) is 10.2 Å². The summed E-state index contributed by atoms with van der Waals surface area (Å²) < 4.78 is 48.7.